The Labute approximate surface area is 124 Å². The number of hydrogen-bond acceptors (Lipinski definition) is 4. The Kier molecular flexibility index (Phi) is 4.20. The van der Waals surface area contributed by atoms with Crippen molar-refractivity contribution >= 4 is 38.3 Å². The highest BCUT2D eigenvalue weighted by atomic mass is 127. The summed E-state index contributed by atoms with van der Waals surface area (Å²) >= 11 is 1.56. The van der Waals surface area contributed by atoms with Gasteiger partial charge in [-0.15, -0.1) is 0 Å². The summed E-state index contributed by atoms with van der Waals surface area (Å²) in [6, 6.07) is 1.60. The monoisotopic (exact) mass is 403 g/mol. The van der Waals surface area contributed by atoms with E-state index in [0.29, 0.717) is 11.5 Å². The zero-order valence-corrected chi connectivity index (χ0v) is 12.0. The summed E-state index contributed by atoms with van der Waals surface area (Å²) in [5.74, 6) is -1.84. The van der Waals surface area contributed by atoms with Crippen LogP contribution in [0.3, 0.4) is 0 Å². The first kappa shape index (κ1) is 15.1. The van der Waals surface area contributed by atoms with E-state index < -0.39 is 18.2 Å². The Morgan fingerprint density at radius 1 is 1.45 bits per heavy atom. The van der Waals surface area contributed by atoms with Crippen LogP contribution in [-0.4, -0.2) is 32.4 Å². The van der Waals surface area contributed by atoms with Crippen LogP contribution in [0.15, 0.2) is 6.07 Å². The fourth-order valence-corrected chi connectivity index (χ4v) is 2.13. The molecule has 6 nitrogen and oxygen atoms in total. The first-order chi connectivity index (χ1) is 9.25. The van der Waals surface area contributed by atoms with Crippen LogP contribution in [0.25, 0.3) is 0 Å². The number of nitrogens with one attached hydrogen (secondary N) is 2. The van der Waals surface area contributed by atoms with E-state index in [4.69, 9.17) is 0 Å². The van der Waals surface area contributed by atoms with Crippen molar-refractivity contribution < 1.29 is 27.5 Å². The van der Waals surface area contributed by atoms with Crippen LogP contribution in [0.1, 0.15) is 24.5 Å². The maximum absolute atomic E-state index is 12.0. The molecule has 2 N–H and O–H groups in total. The van der Waals surface area contributed by atoms with Crippen LogP contribution in [-0.2, 0) is 9.53 Å². The van der Waals surface area contributed by atoms with Gasteiger partial charge in [-0.3, -0.25) is 9.89 Å². The van der Waals surface area contributed by atoms with Crippen molar-refractivity contribution in [3.63, 3.8) is 0 Å². The number of halogens is 4. The molecular weight excluding hydrogens is 394 g/mol. The molecular formula is C10H9F3IN3O3. The number of hydrogen-bond donors (Lipinski definition) is 2. The Morgan fingerprint density at radius 3 is 2.65 bits per heavy atom. The molecule has 1 aliphatic rings. The van der Waals surface area contributed by atoms with E-state index in [1.807, 2.05) is 0 Å². The molecule has 0 radical (unpaired) electrons. The number of alkyl halides is 3. The molecule has 1 fully saturated rings. The van der Waals surface area contributed by atoms with Crippen LogP contribution in [0.2, 0.25) is 0 Å². The third-order valence-electron chi connectivity index (χ3n) is 2.85. The Hall–Kier alpha value is -1.33. The van der Waals surface area contributed by atoms with Crippen molar-refractivity contribution in [2.45, 2.75) is 31.0 Å². The minimum atomic E-state index is -4.96. The molecule has 0 aromatic carbocycles. The highest BCUT2D eigenvalue weighted by Gasteiger charge is 2.45. The van der Waals surface area contributed by atoms with E-state index in [1.54, 1.807) is 28.7 Å². The number of carbonyl (C=O) groups is 2. The lowest BCUT2D eigenvalue weighted by molar-refractivity contribution is -0.208. The van der Waals surface area contributed by atoms with Gasteiger partial charge in [0.25, 0.3) is 3.91 Å². The number of aromatic nitrogens is 2. The smallest absolute Gasteiger partial charge is 0.456 e. The minimum Gasteiger partial charge on any atom is -0.456 e. The van der Waals surface area contributed by atoms with E-state index in [0.717, 1.165) is 0 Å². The molecule has 20 heavy (non-hydrogen) atoms. The molecule has 1 amide bonds. The Bertz CT molecular complexity index is 525. The van der Waals surface area contributed by atoms with E-state index >= 15 is 0 Å². The minimum absolute atomic E-state index is 0.0860. The number of amides is 1. The van der Waals surface area contributed by atoms with Crippen molar-refractivity contribution in [2.75, 3.05) is 5.32 Å². The number of rotatable bonds is 3. The normalized spacial score (nSPS) is 22.0. The fraction of sp³-hybridized carbons (Fsp3) is 0.500. The van der Waals surface area contributed by atoms with Crippen LogP contribution in [0.4, 0.5) is 23.8 Å². The number of anilines is 1. The summed E-state index contributed by atoms with van der Waals surface area (Å²) in [6.45, 7) is 0. The first-order valence-corrected chi connectivity index (χ1v) is 6.63. The van der Waals surface area contributed by atoms with Gasteiger partial charge in [0, 0.05) is 34.6 Å². The van der Waals surface area contributed by atoms with Gasteiger partial charge in [-0.25, -0.2) is 4.79 Å². The van der Waals surface area contributed by atoms with Crippen LogP contribution >= 0.6 is 22.6 Å². The van der Waals surface area contributed by atoms with Gasteiger partial charge < -0.3 is 10.1 Å². The molecule has 0 saturated heterocycles. The molecule has 1 saturated carbocycles. The summed E-state index contributed by atoms with van der Waals surface area (Å²) in [6.07, 6.45) is -5.14. The van der Waals surface area contributed by atoms with Gasteiger partial charge >= 0.3 is 12.1 Å². The molecule has 110 valence electrons. The van der Waals surface area contributed by atoms with Gasteiger partial charge in [-0.2, -0.15) is 18.3 Å². The molecule has 0 aliphatic heterocycles. The van der Waals surface area contributed by atoms with Gasteiger partial charge in [0.1, 0.15) is 11.9 Å². The lowest BCUT2D eigenvalue weighted by Gasteiger charge is -2.33. The number of carbonyl (C=O) groups excluding carboxylic acids is 2. The van der Waals surface area contributed by atoms with Gasteiger partial charge in [0.15, 0.2) is 0 Å². The van der Waals surface area contributed by atoms with Crippen molar-refractivity contribution in [1.29, 1.82) is 0 Å². The van der Waals surface area contributed by atoms with Crippen molar-refractivity contribution in [3.8, 4) is 0 Å². The molecule has 1 aromatic rings. The molecule has 0 unspecified atom stereocenters. The summed E-state index contributed by atoms with van der Waals surface area (Å²) in [7, 11) is 0. The van der Waals surface area contributed by atoms with Crippen LogP contribution < -0.4 is 5.32 Å². The average Bonchev–Trinajstić information content (AvgIpc) is 2.67. The van der Waals surface area contributed by atoms with E-state index in [9.17, 15) is 22.8 Å². The predicted molar refractivity (Wildman–Crippen MR) is 69.5 cm³/mol. The summed E-state index contributed by atoms with van der Waals surface area (Å²) in [5, 5.41) is 9.03. The molecule has 2 rings (SSSR count). The van der Waals surface area contributed by atoms with Gasteiger partial charge in [-0.1, -0.05) is 0 Å². The fourth-order valence-electron chi connectivity index (χ4n) is 1.84. The standard InChI is InChI=1S/C10H9F3IN3O3/c11-10(12,13)8(18)20-5-1-4(2-5)6-3-7(17-16-6)15-9(14)19/h3-5H,1-2H2,(H2,15,16,17,19)/t4-,5+. The zero-order chi connectivity index (χ0) is 14.9. The lowest BCUT2D eigenvalue weighted by Crippen LogP contribution is -2.36. The highest BCUT2D eigenvalue weighted by Crippen LogP contribution is 2.39. The first-order valence-electron chi connectivity index (χ1n) is 5.55. The van der Waals surface area contributed by atoms with Crippen molar-refractivity contribution in [1.82, 2.24) is 10.2 Å². The van der Waals surface area contributed by atoms with Crippen molar-refractivity contribution in [2.24, 2.45) is 0 Å². The summed E-state index contributed by atoms with van der Waals surface area (Å²) in [5.41, 5.74) is 0.615. The topological polar surface area (TPSA) is 84.1 Å². The third-order valence-corrected chi connectivity index (χ3v) is 3.12. The largest absolute Gasteiger partial charge is 0.490 e. The second-order valence-electron chi connectivity index (χ2n) is 4.30. The molecule has 10 heteroatoms. The molecule has 1 aliphatic carbocycles. The van der Waals surface area contributed by atoms with E-state index in [-0.39, 0.29) is 22.7 Å². The summed E-state index contributed by atoms with van der Waals surface area (Å²) < 4.78 is 40.0. The van der Waals surface area contributed by atoms with E-state index in [2.05, 4.69) is 20.3 Å². The maximum Gasteiger partial charge on any atom is 0.490 e. The number of esters is 1. The molecule has 1 aromatic heterocycles. The number of aromatic amines is 1. The summed E-state index contributed by atoms with van der Waals surface area (Å²) in [4.78, 5) is 21.4. The SMILES string of the molecule is O=C(I)Nc1cc([C@H]2C[C@@H](OC(=O)C(F)(F)F)C2)n[nH]1. The predicted octanol–water partition coefficient (Wildman–Crippen LogP) is 2.73. The molecule has 0 spiro atoms. The quantitative estimate of drug-likeness (QED) is 0.352. The molecule has 1 heterocycles. The Morgan fingerprint density at radius 2 is 2.10 bits per heavy atom. The Balaban J connectivity index is 1.83. The van der Waals surface area contributed by atoms with E-state index in [1.165, 1.54) is 0 Å². The lowest BCUT2D eigenvalue weighted by atomic mass is 9.80. The van der Waals surface area contributed by atoms with Crippen LogP contribution in [0, 0.1) is 0 Å². The highest BCUT2D eigenvalue weighted by molar-refractivity contribution is 14.1. The zero-order valence-electron chi connectivity index (χ0n) is 9.83. The third kappa shape index (κ3) is 3.61. The van der Waals surface area contributed by atoms with Crippen LogP contribution in [0.5, 0.6) is 0 Å². The van der Waals surface area contributed by atoms with Crippen molar-refractivity contribution in [3.05, 3.63) is 11.8 Å². The maximum atomic E-state index is 12.0. The van der Waals surface area contributed by atoms with Gasteiger partial charge in [0.05, 0.1) is 5.69 Å². The number of ether oxygens (including phenoxy) is 1. The molecule has 0 atom stereocenters. The number of nitrogens with zero attached hydrogens (tertiary/aromatic N) is 1. The molecule has 0 bridgehead atoms. The second kappa shape index (κ2) is 5.58. The van der Waals surface area contributed by atoms with Gasteiger partial charge in [-0.05, 0) is 12.8 Å². The number of H-pyrrole nitrogens is 1. The average molecular weight is 403 g/mol. The second-order valence-corrected chi connectivity index (χ2v) is 5.28. The van der Waals surface area contributed by atoms with Gasteiger partial charge in [0.2, 0.25) is 0 Å².